The van der Waals surface area contributed by atoms with Gasteiger partial charge in [-0.3, -0.25) is 0 Å². The van der Waals surface area contributed by atoms with Crippen molar-refractivity contribution in [3.05, 3.63) is 70.8 Å². The third-order valence-electron chi connectivity index (χ3n) is 4.01. The Hall–Kier alpha value is -1.74. The first kappa shape index (κ1) is 13.3. The molecule has 0 saturated carbocycles. The SMILES string of the molecule is CCNC(c1cc(F)ccc1F)C1Cc2ccccc21. The van der Waals surface area contributed by atoms with Gasteiger partial charge >= 0.3 is 0 Å². The Labute approximate surface area is 117 Å². The van der Waals surface area contributed by atoms with Gasteiger partial charge < -0.3 is 5.32 Å². The third kappa shape index (κ3) is 2.22. The molecule has 0 spiro atoms. The fourth-order valence-electron chi connectivity index (χ4n) is 3.04. The minimum atomic E-state index is -0.392. The fraction of sp³-hybridized carbons (Fsp3) is 0.294. The number of rotatable bonds is 4. The molecule has 0 saturated heterocycles. The number of fused-ring (bicyclic) bond motifs is 1. The van der Waals surface area contributed by atoms with Crippen LogP contribution in [0.4, 0.5) is 8.78 Å². The lowest BCUT2D eigenvalue weighted by Crippen LogP contribution is -2.33. The fourth-order valence-corrected chi connectivity index (χ4v) is 3.04. The minimum absolute atomic E-state index is 0.175. The molecule has 0 aromatic heterocycles. The van der Waals surface area contributed by atoms with E-state index in [4.69, 9.17) is 0 Å². The second-order valence-electron chi connectivity index (χ2n) is 5.21. The van der Waals surface area contributed by atoms with Crippen molar-refractivity contribution in [2.75, 3.05) is 6.54 Å². The maximum absolute atomic E-state index is 14.0. The van der Waals surface area contributed by atoms with Gasteiger partial charge in [0.1, 0.15) is 11.6 Å². The lowest BCUT2D eigenvalue weighted by Gasteiger charge is -2.37. The molecule has 1 aliphatic rings. The predicted molar refractivity (Wildman–Crippen MR) is 75.7 cm³/mol. The maximum atomic E-state index is 14.0. The Kier molecular flexibility index (Phi) is 3.53. The van der Waals surface area contributed by atoms with Gasteiger partial charge in [0, 0.05) is 17.5 Å². The number of hydrogen-bond acceptors (Lipinski definition) is 1. The molecule has 2 atom stereocenters. The first-order valence-corrected chi connectivity index (χ1v) is 6.97. The second kappa shape index (κ2) is 5.33. The van der Waals surface area contributed by atoms with E-state index in [0.717, 1.165) is 19.0 Å². The summed E-state index contributed by atoms with van der Waals surface area (Å²) in [4.78, 5) is 0. The van der Waals surface area contributed by atoms with Gasteiger partial charge in [0.25, 0.3) is 0 Å². The van der Waals surface area contributed by atoms with Crippen LogP contribution in [0.5, 0.6) is 0 Å². The largest absolute Gasteiger partial charge is 0.310 e. The summed E-state index contributed by atoms with van der Waals surface area (Å²) in [6, 6.07) is 11.7. The summed E-state index contributed by atoms with van der Waals surface area (Å²) in [7, 11) is 0. The number of halogens is 2. The number of likely N-dealkylation sites (N-methyl/N-ethyl adjacent to an activating group) is 1. The lowest BCUT2D eigenvalue weighted by molar-refractivity contribution is 0.403. The Balaban J connectivity index is 1.97. The molecule has 3 rings (SSSR count). The van der Waals surface area contributed by atoms with Gasteiger partial charge in [-0.05, 0) is 42.3 Å². The van der Waals surface area contributed by atoms with Crippen molar-refractivity contribution in [2.24, 2.45) is 0 Å². The van der Waals surface area contributed by atoms with Gasteiger partial charge in [0.05, 0.1) is 0 Å². The van der Waals surface area contributed by atoms with Gasteiger partial charge in [-0.2, -0.15) is 0 Å². The molecule has 20 heavy (non-hydrogen) atoms. The molecule has 0 fully saturated rings. The number of nitrogens with one attached hydrogen (secondary N) is 1. The van der Waals surface area contributed by atoms with E-state index in [1.165, 1.54) is 23.3 Å². The molecule has 2 aromatic rings. The van der Waals surface area contributed by atoms with E-state index in [0.29, 0.717) is 5.56 Å². The number of hydrogen-bond donors (Lipinski definition) is 1. The molecule has 0 heterocycles. The van der Waals surface area contributed by atoms with E-state index in [1.807, 2.05) is 19.1 Å². The molecule has 104 valence electrons. The molecular formula is C17H17F2N. The zero-order chi connectivity index (χ0) is 14.1. The summed E-state index contributed by atoms with van der Waals surface area (Å²) in [6.45, 7) is 2.70. The highest BCUT2D eigenvalue weighted by atomic mass is 19.1. The van der Waals surface area contributed by atoms with Crippen molar-refractivity contribution in [3.8, 4) is 0 Å². The molecule has 0 amide bonds. The first-order chi connectivity index (χ1) is 9.70. The highest BCUT2D eigenvalue weighted by Gasteiger charge is 2.34. The standard InChI is InChI=1S/C17H17F2N/c1-2-20-17(15-10-12(18)7-8-16(15)19)14-9-11-5-3-4-6-13(11)14/h3-8,10,14,17,20H,2,9H2,1H3. The normalized spacial score (nSPS) is 18.2. The van der Waals surface area contributed by atoms with E-state index in [-0.39, 0.29) is 17.8 Å². The smallest absolute Gasteiger partial charge is 0.128 e. The van der Waals surface area contributed by atoms with Crippen LogP contribution in [-0.4, -0.2) is 6.54 Å². The minimum Gasteiger partial charge on any atom is -0.310 e. The Bertz CT molecular complexity index is 624. The quantitative estimate of drug-likeness (QED) is 0.889. The second-order valence-corrected chi connectivity index (χ2v) is 5.21. The Morgan fingerprint density at radius 1 is 1.20 bits per heavy atom. The van der Waals surface area contributed by atoms with Gasteiger partial charge in [-0.15, -0.1) is 0 Å². The Morgan fingerprint density at radius 2 is 2.00 bits per heavy atom. The average Bonchev–Trinajstić information content (AvgIpc) is 2.42. The summed E-state index contributed by atoms with van der Waals surface area (Å²) < 4.78 is 27.5. The van der Waals surface area contributed by atoms with Crippen LogP contribution in [0.25, 0.3) is 0 Å². The van der Waals surface area contributed by atoms with E-state index < -0.39 is 5.82 Å². The highest BCUT2D eigenvalue weighted by Crippen LogP contribution is 2.43. The zero-order valence-electron chi connectivity index (χ0n) is 11.4. The molecule has 2 unspecified atom stereocenters. The van der Waals surface area contributed by atoms with Gasteiger partial charge in [0.15, 0.2) is 0 Å². The molecule has 1 N–H and O–H groups in total. The summed E-state index contributed by atoms with van der Waals surface area (Å²) in [5, 5.41) is 3.30. The van der Waals surface area contributed by atoms with Crippen LogP contribution in [0.1, 0.15) is 35.6 Å². The lowest BCUT2D eigenvalue weighted by atomic mass is 9.71. The highest BCUT2D eigenvalue weighted by molar-refractivity contribution is 5.43. The van der Waals surface area contributed by atoms with Crippen LogP contribution in [0.3, 0.4) is 0 Å². The topological polar surface area (TPSA) is 12.0 Å². The van der Waals surface area contributed by atoms with Crippen molar-refractivity contribution in [3.63, 3.8) is 0 Å². The molecule has 0 radical (unpaired) electrons. The maximum Gasteiger partial charge on any atom is 0.128 e. The van der Waals surface area contributed by atoms with Gasteiger partial charge in [0.2, 0.25) is 0 Å². The third-order valence-corrected chi connectivity index (χ3v) is 4.01. The van der Waals surface area contributed by atoms with E-state index in [1.54, 1.807) is 0 Å². The van der Waals surface area contributed by atoms with Crippen LogP contribution >= 0.6 is 0 Å². The molecule has 1 nitrogen and oxygen atoms in total. The van der Waals surface area contributed by atoms with Crippen molar-refractivity contribution in [2.45, 2.75) is 25.3 Å². The van der Waals surface area contributed by atoms with Crippen molar-refractivity contribution in [1.29, 1.82) is 0 Å². The molecule has 2 aromatic carbocycles. The summed E-state index contributed by atoms with van der Waals surface area (Å²) in [5.74, 6) is -0.527. The van der Waals surface area contributed by atoms with Crippen LogP contribution < -0.4 is 5.32 Å². The molecule has 0 bridgehead atoms. The molecule has 1 aliphatic carbocycles. The van der Waals surface area contributed by atoms with Crippen molar-refractivity contribution >= 4 is 0 Å². The summed E-state index contributed by atoms with van der Waals surface area (Å²) >= 11 is 0. The van der Waals surface area contributed by atoms with Crippen LogP contribution in [0.15, 0.2) is 42.5 Å². The number of benzene rings is 2. The van der Waals surface area contributed by atoms with E-state index in [2.05, 4.69) is 17.4 Å². The van der Waals surface area contributed by atoms with Crippen LogP contribution in [-0.2, 0) is 6.42 Å². The predicted octanol–water partition coefficient (Wildman–Crippen LogP) is 3.96. The average molecular weight is 273 g/mol. The van der Waals surface area contributed by atoms with Crippen LogP contribution in [0, 0.1) is 11.6 Å². The summed E-state index contributed by atoms with van der Waals surface area (Å²) in [6.07, 6.45) is 0.907. The van der Waals surface area contributed by atoms with Crippen molar-refractivity contribution < 1.29 is 8.78 Å². The van der Waals surface area contributed by atoms with Crippen LogP contribution in [0.2, 0.25) is 0 Å². The van der Waals surface area contributed by atoms with E-state index in [9.17, 15) is 8.78 Å². The van der Waals surface area contributed by atoms with Gasteiger partial charge in [-0.25, -0.2) is 8.78 Å². The zero-order valence-corrected chi connectivity index (χ0v) is 11.4. The molecule has 3 heteroatoms. The monoisotopic (exact) mass is 273 g/mol. The van der Waals surface area contributed by atoms with Crippen molar-refractivity contribution in [1.82, 2.24) is 5.32 Å². The Morgan fingerprint density at radius 3 is 2.75 bits per heavy atom. The first-order valence-electron chi connectivity index (χ1n) is 6.97. The summed E-state index contributed by atoms with van der Waals surface area (Å²) in [5.41, 5.74) is 2.96. The molecular weight excluding hydrogens is 256 g/mol. The van der Waals surface area contributed by atoms with Gasteiger partial charge in [-0.1, -0.05) is 31.2 Å². The van der Waals surface area contributed by atoms with E-state index >= 15 is 0 Å². The molecule has 0 aliphatic heterocycles.